The maximum Gasteiger partial charge on any atom is 0.279 e. The predicted octanol–water partition coefficient (Wildman–Crippen LogP) is 3.80. The first-order valence-corrected chi connectivity index (χ1v) is 11.7. The Morgan fingerprint density at radius 2 is 1.83 bits per heavy atom. The lowest BCUT2D eigenvalue weighted by Gasteiger charge is -2.20. The van der Waals surface area contributed by atoms with E-state index < -0.39 is 15.9 Å². The number of amides is 1. The van der Waals surface area contributed by atoms with Gasteiger partial charge >= 0.3 is 0 Å². The van der Waals surface area contributed by atoms with Crippen LogP contribution < -0.4 is 4.80 Å². The highest BCUT2D eigenvalue weighted by molar-refractivity contribution is 7.89. The van der Waals surface area contributed by atoms with Gasteiger partial charge in [0.2, 0.25) is 10.0 Å². The number of thiazole rings is 1. The first-order valence-electron chi connectivity index (χ1n) is 9.42. The highest BCUT2D eigenvalue weighted by atomic mass is 32.2. The van der Waals surface area contributed by atoms with Gasteiger partial charge in [-0.25, -0.2) is 8.42 Å². The maximum atomic E-state index is 12.7. The third kappa shape index (κ3) is 4.19. The quantitative estimate of drug-likeness (QED) is 0.617. The third-order valence-corrected chi connectivity index (χ3v) is 7.95. The van der Waals surface area contributed by atoms with E-state index in [4.69, 9.17) is 0 Å². The SMILES string of the molecule is CCn1c(=NC(=O)c2ccc(S(=O)(=O)N(C)C(C)C)cc2)sc2cc(C)ccc21. The summed E-state index contributed by atoms with van der Waals surface area (Å²) >= 11 is 1.47. The number of hydrogen-bond acceptors (Lipinski definition) is 4. The van der Waals surface area contributed by atoms with E-state index in [0.717, 1.165) is 15.8 Å². The van der Waals surface area contributed by atoms with E-state index in [-0.39, 0.29) is 10.9 Å². The number of hydrogen-bond donors (Lipinski definition) is 0. The lowest BCUT2D eigenvalue weighted by atomic mass is 10.2. The summed E-state index contributed by atoms with van der Waals surface area (Å²) in [6.07, 6.45) is 0. The van der Waals surface area contributed by atoms with E-state index in [1.807, 2.05) is 44.4 Å². The van der Waals surface area contributed by atoms with Crippen LogP contribution in [0, 0.1) is 6.92 Å². The van der Waals surface area contributed by atoms with Crippen LogP contribution in [0.1, 0.15) is 36.7 Å². The highest BCUT2D eigenvalue weighted by Crippen LogP contribution is 2.20. The summed E-state index contributed by atoms with van der Waals surface area (Å²) in [6.45, 7) is 8.37. The largest absolute Gasteiger partial charge is 0.317 e. The van der Waals surface area contributed by atoms with Crippen molar-refractivity contribution in [2.75, 3.05) is 7.05 Å². The minimum absolute atomic E-state index is 0.155. The average molecular weight is 432 g/mol. The normalized spacial score (nSPS) is 13.0. The molecular weight excluding hydrogens is 406 g/mol. The summed E-state index contributed by atoms with van der Waals surface area (Å²) in [6, 6.07) is 12.0. The number of aryl methyl sites for hydroxylation is 2. The van der Waals surface area contributed by atoms with Crippen LogP contribution in [0.15, 0.2) is 52.4 Å². The van der Waals surface area contributed by atoms with E-state index in [2.05, 4.69) is 11.1 Å². The van der Waals surface area contributed by atoms with E-state index in [9.17, 15) is 13.2 Å². The predicted molar refractivity (Wildman–Crippen MR) is 117 cm³/mol. The minimum atomic E-state index is -3.58. The number of carbonyl (C=O) groups excluding carboxylic acids is 1. The first-order chi connectivity index (χ1) is 13.6. The maximum absolute atomic E-state index is 12.7. The van der Waals surface area contributed by atoms with Gasteiger partial charge in [0.05, 0.1) is 15.1 Å². The molecule has 0 aliphatic heterocycles. The topological polar surface area (TPSA) is 71.7 Å². The van der Waals surface area contributed by atoms with Crippen LogP contribution >= 0.6 is 11.3 Å². The van der Waals surface area contributed by atoms with Gasteiger partial charge in [-0.2, -0.15) is 9.30 Å². The van der Waals surface area contributed by atoms with Crippen molar-refractivity contribution >= 4 is 37.5 Å². The molecule has 1 amide bonds. The fourth-order valence-electron chi connectivity index (χ4n) is 2.94. The van der Waals surface area contributed by atoms with Gasteiger partial charge in [0.1, 0.15) is 0 Å². The molecule has 0 atom stereocenters. The van der Waals surface area contributed by atoms with Crippen molar-refractivity contribution in [1.29, 1.82) is 0 Å². The van der Waals surface area contributed by atoms with Gasteiger partial charge in [0, 0.05) is 25.2 Å². The molecule has 0 unspecified atom stereocenters. The Morgan fingerprint density at radius 3 is 2.41 bits per heavy atom. The Labute approximate surface area is 175 Å². The second-order valence-electron chi connectivity index (χ2n) is 7.16. The van der Waals surface area contributed by atoms with E-state index in [1.165, 1.54) is 39.9 Å². The van der Waals surface area contributed by atoms with Crippen molar-refractivity contribution in [3.63, 3.8) is 0 Å². The van der Waals surface area contributed by atoms with Crippen LogP contribution in [0.25, 0.3) is 10.2 Å². The van der Waals surface area contributed by atoms with Gasteiger partial charge in [-0.1, -0.05) is 17.4 Å². The number of nitrogens with zero attached hydrogens (tertiary/aromatic N) is 3. The van der Waals surface area contributed by atoms with Crippen molar-refractivity contribution in [2.45, 2.75) is 45.2 Å². The number of benzene rings is 2. The molecule has 0 N–H and O–H groups in total. The molecule has 29 heavy (non-hydrogen) atoms. The lowest BCUT2D eigenvalue weighted by molar-refractivity contribution is 0.0997. The zero-order valence-corrected chi connectivity index (χ0v) is 18.8. The molecule has 0 bridgehead atoms. The second-order valence-corrected chi connectivity index (χ2v) is 10.2. The van der Waals surface area contributed by atoms with Crippen LogP contribution in [-0.2, 0) is 16.6 Å². The summed E-state index contributed by atoms with van der Waals surface area (Å²) < 4.78 is 29.5. The monoisotopic (exact) mass is 431 g/mol. The minimum Gasteiger partial charge on any atom is -0.317 e. The smallest absolute Gasteiger partial charge is 0.279 e. The molecule has 0 aliphatic carbocycles. The Kier molecular flexibility index (Phi) is 6.07. The molecule has 1 heterocycles. The number of rotatable bonds is 5. The molecule has 0 fully saturated rings. The Morgan fingerprint density at radius 1 is 1.17 bits per heavy atom. The number of fused-ring (bicyclic) bond motifs is 1. The van der Waals surface area contributed by atoms with Crippen molar-refractivity contribution in [1.82, 2.24) is 8.87 Å². The molecule has 2 aromatic carbocycles. The number of aromatic nitrogens is 1. The number of carbonyl (C=O) groups is 1. The van der Waals surface area contributed by atoms with Crippen LogP contribution in [0.2, 0.25) is 0 Å². The van der Waals surface area contributed by atoms with Gasteiger partial charge in [0.15, 0.2) is 4.80 Å². The Hall–Kier alpha value is -2.29. The third-order valence-electron chi connectivity index (χ3n) is 4.86. The fraction of sp³-hybridized carbons (Fsp3) is 0.333. The molecule has 8 heteroatoms. The van der Waals surface area contributed by atoms with Crippen LogP contribution in [0.5, 0.6) is 0 Å². The molecule has 3 aromatic rings. The molecule has 154 valence electrons. The fourth-order valence-corrected chi connectivity index (χ4v) is 5.49. The average Bonchev–Trinajstić information content (AvgIpc) is 3.03. The van der Waals surface area contributed by atoms with Crippen molar-refractivity contribution < 1.29 is 13.2 Å². The van der Waals surface area contributed by atoms with Gasteiger partial charge < -0.3 is 4.57 Å². The first kappa shape index (κ1) is 21.4. The van der Waals surface area contributed by atoms with E-state index in [1.54, 1.807) is 7.05 Å². The summed E-state index contributed by atoms with van der Waals surface area (Å²) in [4.78, 5) is 17.8. The Balaban J connectivity index is 1.97. The van der Waals surface area contributed by atoms with Gasteiger partial charge in [-0.15, -0.1) is 0 Å². The summed E-state index contributed by atoms with van der Waals surface area (Å²) in [7, 11) is -2.04. The molecule has 6 nitrogen and oxygen atoms in total. The zero-order chi connectivity index (χ0) is 21.3. The molecule has 0 saturated carbocycles. The van der Waals surface area contributed by atoms with Crippen molar-refractivity contribution in [3.05, 3.63) is 58.4 Å². The molecule has 0 spiro atoms. The van der Waals surface area contributed by atoms with E-state index in [0.29, 0.717) is 16.9 Å². The second kappa shape index (κ2) is 8.22. The molecule has 0 aliphatic rings. The summed E-state index contributed by atoms with van der Waals surface area (Å²) in [5, 5.41) is 0. The van der Waals surface area contributed by atoms with Crippen LogP contribution in [0.4, 0.5) is 0 Å². The summed E-state index contributed by atoms with van der Waals surface area (Å²) in [5.74, 6) is -0.392. The standard InChI is InChI=1S/C21H25N3O3S2/c1-6-24-18-12-7-15(4)13-19(18)28-21(24)22-20(25)16-8-10-17(11-9-16)29(26,27)23(5)14(2)3/h7-14H,6H2,1-5H3. The van der Waals surface area contributed by atoms with Crippen molar-refractivity contribution in [2.24, 2.45) is 4.99 Å². The molecule has 3 rings (SSSR count). The highest BCUT2D eigenvalue weighted by Gasteiger charge is 2.23. The van der Waals surface area contributed by atoms with Crippen molar-refractivity contribution in [3.8, 4) is 0 Å². The molecule has 1 aromatic heterocycles. The summed E-state index contributed by atoms with van der Waals surface area (Å²) in [5.41, 5.74) is 2.56. The van der Waals surface area contributed by atoms with Gasteiger partial charge in [0.25, 0.3) is 5.91 Å². The van der Waals surface area contributed by atoms with Gasteiger partial charge in [-0.05, 0) is 69.7 Å². The molecule has 0 saturated heterocycles. The van der Waals surface area contributed by atoms with Crippen LogP contribution in [-0.4, -0.2) is 36.3 Å². The lowest BCUT2D eigenvalue weighted by Crippen LogP contribution is -2.33. The zero-order valence-electron chi connectivity index (χ0n) is 17.2. The Bertz CT molecular complexity index is 1220. The molecule has 0 radical (unpaired) electrons. The van der Waals surface area contributed by atoms with Gasteiger partial charge in [-0.3, -0.25) is 4.79 Å². The number of sulfonamides is 1. The molecular formula is C21H25N3O3S2. The van der Waals surface area contributed by atoms with Crippen LogP contribution in [0.3, 0.4) is 0 Å². The van der Waals surface area contributed by atoms with E-state index >= 15 is 0 Å².